The van der Waals surface area contributed by atoms with Crippen molar-refractivity contribution in [2.24, 2.45) is 0 Å². The van der Waals surface area contributed by atoms with Crippen LogP contribution in [0.4, 0.5) is 0 Å². The van der Waals surface area contributed by atoms with Crippen LogP contribution in [0.1, 0.15) is 0 Å². The van der Waals surface area contributed by atoms with Crippen molar-refractivity contribution >= 4 is 0 Å². The second-order valence-electron chi connectivity index (χ2n) is 1.72. The fourth-order valence-electron chi connectivity index (χ4n) is 0.673. The summed E-state index contributed by atoms with van der Waals surface area (Å²) in [6.07, 6.45) is 2.97. The Morgan fingerprint density at radius 3 is 2.90 bits per heavy atom. The number of nitrogens with zero attached hydrogens (tertiary/aromatic N) is 3. The molecule has 6 heteroatoms. The number of H-pyrrole nitrogens is 3. The SMILES string of the molecule is c1n[nH]c(-c2[nH]nc[nH+]2)n1. The molecule has 10 heavy (non-hydrogen) atoms. The highest BCUT2D eigenvalue weighted by molar-refractivity contribution is 5.34. The molecule has 6 nitrogen and oxygen atoms in total. The Bertz CT molecular complexity index is 249. The molecule has 0 radical (unpaired) electrons. The summed E-state index contributed by atoms with van der Waals surface area (Å²) in [4.78, 5) is 6.73. The van der Waals surface area contributed by atoms with Crippen LogP contribution in [-0.2, 0) is 0 Å². The third kappa shape index (κ3) is 0.661. The molecule has 2 rings (SSSR count). The lowest BCUT2D eigenvalue weighted by Gasteiger charge is -1.76. The zero-order valence-electron chi connectivity index (χ0n) is 5.00. The summed E-state index contributed by atoms with van der Waals surface area (Å²) >= 11 is 0. The quantitative estimate of drug-likeness (QED) is 0.529. The molecule has 0 fully saturated rings. The topological polar surface area (TPSA) is 84.4 Å². The Balaban J connectivity index is 2.48. The Kier molecular flexibility index (Phi) is 0.970. The lowest BCUT2D eigenvalue weighted by atomic mass is 10.6. The van der Waals surface area contributed by atoms with Gasteiger partial charge in [-0.25, -0.2) is 9.97 Å². The Hall–Kier alpha value is -1.72. The normalized spacial score (nSPS) is 10.0. The van der Waals surface area contributed by atoms with Gasteiger partial charge in [0.25, 0.3) is 12.2 Å². The molecule has 0 unspecified atom stereocenters. The maximum atomic E-state index is 3.89. The number of nitrogens with one attached hydrogen (secondary N) is 3. The van der Waals surface area contributed by atoms with Crippen LogP contribution < -0.4 is 4.98 Å². The average Bonchev–Trinajstić information content (AvgIpc) is 2.59. The first-order chi connectivity index (χ1) is 4.97. The summed E-state index contributed by atoms with van der Waals surface area (Å²) in [5, 5.41) is 12.8. The lowest BCUT2D eigenvalue weighted by molar-refractivity contribution is -0.365. The van der Waals surface area contributed by atoms with E-state index in [9.17, 15) is 0 Å². The van der Waals surface area contributed by atoms with Crippen molar-refractivity contribution < 1.29 is 4.98 Å². The van der Waals surface area contributed by atoms with Crippen LogP contribution in [0.2, 0.25) is 0 Å². The molecule has 2 aromatic heterocycles. The first kappa shape index (κ1) is 5.10. The smallest absolute Gasteiger partial charge is 0.254 e. The Morgan fingerprint density at radius 1 is 1.30 bits per heavy atom. The predicted molar refractivity (Wildman–Crippen MR) is 30.5 cm³/mol. The van der Waals surface area contributed by atoms with Gasteiger partial charge in [0.1, 0.15) is 6.33 Å². The van der Waals surface area contributed by atoms with Gasteiger partial charge < -0.3 is 0 Å². The highest BCUT2D eigenvalue weighted by Crippen LogP contribution is 1.98. The zero-order valence-corrected chi connectivity index (χ0v) is 5.00. The maximum absolute atomic E-state index is 3.89. The summed E-state index contributed by atoms with van der Waals surface area (Å²) in [5.74, 6) is 1.37. The molecule has 2 aromatic rings. The van der Waals surface area contributed by atoms with E-state index in [-0.39, 0.29) is 0 Å². The van der Waals surface area contributed by atoms with E-state index in [1.54, 1.807) is 0 Å². The van der Waals surface area contributed by atoms with Crippen molar-refractivity contribution in [2.45, 2.75) is 0 Å². The largest absolute Gasteiger partial charge is 0.300 e. The van der Waals surface area contributed by atoms with Crippen LogP contribution in [-0.4, -0.2) is 25.4 Å². The number of hydrogen-bond acceptors (Lipinski definition) is 3. The fourth-order valence-corrected chi connectivity index (χ4v) is 0.673. The average molecular weight is 137 g/mol. The van der Waals surface area contributed by atoms with E-state index in [1.165, 1.54) is 12.7 Å². The van der Waals surface area contributed by atoms with Gasteiger partial charge in [0.15, 0.2) is 0 Å². The second-order valence-corrected chi connectivity index (χ2v) is 1.72. The Labute approximate surface area is 55.7 Å². The van der Waals surface area contributed by atoms with E-state index in [1.807, 2.05) is 0 Å². The van der Waals surface area contributed by atoms with Crippen molar-refractivity contribution in [1.82, 2.24) is 25.4 Å². The van der Waals surface area contributed by atoms with Gasteiger partial charge in [0.2, 0.25) is 5.82 Å². The standard InChI is InChI=1S/C4H4N6/c1-5-3(9-7-1)4-6-2-8-10-4/h1-2H,(H,5,7,9)(H,6,8,10)/p+1. The molecule has 2 heterocycles. The van der Waals surface area contributed by atoms with E-state index in [4.69, 9.17) is 0 Å². The van der Waals surface area contributed by atoms with Gasteiger partial charge in [-0.05, 0) is 0 Å². The van der Waals surface area contributed by atoms with E-state index < -0.39 is 0 Å². The lowest BCUT2D eigenvalue weighted by Crippen LogP contribution is -2.01. The second kappa shape index (κ2) is 1.90. The minimum absolute atomic E-state index is 0.650. The van der Waals surface area contributed by atoms with Crippen molar-refractivity contribution in [3.05, 3.63) is 12.7 Å². The molecule has 0 aliphatic heterocycles. The van der Waals surface area contributed by atoms with Crippen LogP contribution >= 0.6 is 0 Å². The minimum atomic E-state index is 0.650. The number of hydrogen-bond donors (Lipinski definition) is 2. The van der Waals surface area contributed by atoms with Crippen molar-refractivity contribution in [2.75, 3.05) is 0 Å². The molecule has 0 aromatic carbocycles. The molecule has 3 N–H and O–H groups in total. The van der Waals surface area contributed by atoms with Gasteiger partial charge in [0.05, 0.1) is 0 Å². The molecular formula is C4H5N6+. The monoisotopic (exact) mass is 137 g/mol. The summed E-state index contributed by atoms with van der Waals surface area (Å²) in [7, 11) is 0. The van der Waals surface area contributed by atoms with Gasteiger partial charge in [-0.1, -0.05) is 0 Å². The van der Waals surface area contributed by atoms with Gasteiger partial charge in [-0.2, -0.15) is 5.10 Å². The van der Waals surface area contributed by atoms with Crippen molar-refractivity contribution in [3.8, 4) is 11.6 Å². The number of rotatable bonds is 1. The van der Waals surface area contributed by atoms with Crippen LogP contribution in [0.3, 0.4) is 0 Å². The molecule has 0 saturated carbocycles. The molecule has 0 saturated heterocycles. The zero-order chi connectivity index (χ0) is 6.81. The summed E-state index contributed by atoms with van der Waals surface area (Å²) < 4.78 is 0. The van der Waals surface area contributed by atoms with Gasteiger partial charge >= 0.3 is 0 Å². The molecule has 0 bridgehead atoms. The predicted octanol–water partition coefficient (Wildman–Crippen LogP) is -0.991. The summed E-state index contributed by atoms with van der Waals surface area (Å²) in [5.41, 5.74) is 0. The first-order valence-electron chi connectivity index (χ1n) is 2.73. The van der Waals surface area contributed by atoms with E-state index in [0.29, 0.717) is 5.82 Å². The molecule has 0 spiro atoms. The van der Waals surface area contributed by atoms with Gasteiger partial charge in [0, 0.05) is 5.10 Å². The number of aromatic amines is 3. The van der Waals surface area contributed by atoms with Gasteiger partial charge in [-0.15, -0.1) is 5.10 Å². The molecular weight excluding hydrogens is 132 g/mol. The summed E-state index contributed by atoms with van der Waals surface area (Å²) in [6, 6.07) is 0. The van der Waals surface area contributed by atoms with E-state index >= 15 is 0 Å². The third-order valence-corrected chi connectivity index (χ3v) is 1.10. The molecule has 0 aliphatic carbocycles. The minimum Gasteiger partial charge on any atom is -0.254 e. The van der Waals surface area contributed by atoms with E-state index in [0.717, 1.165) is 5.82 Å². The Morgan fingerprint density at radius 2 is 2.30 bits per heavy atom. The number of aromatic nitrogens is 6. The third-order valence-electron chi connectivity index (χ3n) is 1.10. The molecule has 0 aliphatic rings. The van der Waals surface area contributed by atoms with Crippen LogP contribution in [0, 0.1) is 0 Å². The van der Waals surface area contributed by atoms with Crippen LogP contribution in [0.25, 0.3) is 11.6 Å². The van der Waals surface area contributed by atoms with Crippen molar-refractivity contribution in [3.63, 3.8) is 0 Å². The summed E-state index contributed by atoms with van der Waals surface area (Å²) in [6.45, 7) is 0. The maximum Gasteiger partial charge on any atom is 0.300 e. The molecule has 50 valence electrons. The van der Waals surface area contributed by atoms with Crippen LogP contribution in [0.5, 0.6) is 0 Å². The van der Waals surface area contributed by atoms with Crippen LogP contribution in [0.15, 0.2) is 12.7 Å². The highest BCUT2D eigenvalue weighted by Gasteiger charge is 2.06. The fraction of sp³-hybridized carbons (Fsp3) is 0. The highest BCUT2D eigenvalue weighted by atomic mass is 15.3. The first-order valence-corrected chi connectivity index (χ1v) is 2.73. The molecule has 0 atom stereocenters. The molecule has 0 amide bonds. The van der Waals surface area contributed by atoms with E-state index in [2.05, 4.69) is 30.4 Å². The van der Waals surface area contributed by atoms with Crippen molar-refractivity contribution in [1.29, 1.82) is 0 Å². The van der Waals surface area contributed by atoms with Gasteiger partial charge in [-0.3, -0.25) is 5.10 Å².